The first kappa shape index (κ1) is 23.9. The summed E-state index contributed by atoms with van der Waals surface area (Å²) in [6.07, 6.45) is 2.62. The van der Waals surface area contributed by atoms with E-state index in [9.17, 15) is 13.2 Å². The Morgan fingerprint density at radius 3 is 2.45 bits per heavy atom. The Balaban J connectivity index is 2.08. The van der Waals surface area contributed by atoms with Gasteiger partial charge >= 0.3 is 0 Å². The molecule has 0 bridgehead atoms. The summed E-state index contributed by atoms with van der Waals surface area (Å²) in [5.41, 5.74) is 4.45. The van der Waals surface area contributed by atoms with Crippen LogP contribution < -0.4 is 20.4 Å². The molecule has 0 saturated heterocycles. The Morgan fingerprint density at radius 1 is 1.06 bits per heavy atom. The van der Waals surface area contributed by atoms with Gasteiger partial charge in [-0.1, -0.05) is 12.1 Å². The number of aromatic nitrogens is 3. The number of sulfonamides is 1. The molecule has 174 valence electrons. The molecule has 1 aromatic carbocycles. The van der Waals surface area contributed by atoms with Gasteiger partial charge in [0.25, 0.3) is 5.91 Å². The zero-order valence-corrected chi connectivity index (χ0v) is 19.7. The Kier molecular flexibility index (Phi) is 7.09. The fraction of sp³-hybridized carbons (Fsp3) is 0.238. The van der Waals surface area contributed by atoms with Crippen LogP contribution >= 0.6 is 0 Å². The van der Waals surface area contributed by atoms with Crippen LogP contribution in [-0.2, 0) is 14.9 Å². The van der Waals surface area contributed by atoms with Gasteiger partial charge in [-0.15, -0.1) is 0 Å². The lowest BCUT2D eigenvalue weighted by Gasteiger charge is -2.22. The van der Waals surface area contributed by atoms with E-state index in [2.05, 4.69) is 31.1 Å². The maximum absolute atomic E-state index is 12.9. The van der Waals surface area contributed by atoms with Crippen molar-refractivity contribution in [1.29, 1.82) is 0 Å². The van der Waals surface area contributed by atoms with E-state index in [4.69, 9.17) is 4.84 Å². The van der Waals surface area contributed by atoms with Crippen molar-refractivity contribution in [2.45, 2.75) is 13.8 Å². The zero-order valence-electron chi connectivity index (χ0n) is 18.9. The normalized spacial score (nSPS) is 11.1. The molecule has 0 aliphatic heterocycles. The van der Waals surface area contributed by atoms with Crippen molar-refractivity contribution >= 4 is 44.6 Å². The molecule has 11 nitrogen and oxygen atoms in total. The second-order valence-electron chi connectivity index (χ2n) is 7.16. The Bertz CT molecular complexity index is 1260. The van der Waals surface area contributed by atoms with Crippen molar-refractivity contribution in [1.82, 2.24) is 20.4 Å². The minimum Gasteiger partial charge on any atom is -0.353 e. The summed E-state index contributed by atoms with van der Waals surface area (Å²) < 4.78 is 25.3. The van der Waals surface area contributed by atoms with Gasteiger partial charge in [-0.3, -0.25) is 13.9 Å². The summed E-state index contributed by atoms with van der Waals surface area (Å²) in [5, 5.41) is 6.20. The lowest BCUT2D eigenvalue weighted by Crippen LogP contribution is -2.26. The number of nitrogens with zero attached hydrogens (tertiary/aromatic N) is 4. The number of hydroxylamine groups is 1. The summed E-state index contributed by atoms with van der Waals surface area (Å²) in [6, 6.07) is 10.2. The van der Waals surface area contributed by atoms with Gasteiger partial charge in [0.2, 0.25) is 10.0 Å². The van der Waals surface area contributed by atoms with E-state index in [0.29, 0.717) is 28.7 Å². The first-order valence-corrected chi connectivity index (χ1v) is 11.7. The Labute approximate surface area is 192 Å². The third-order valence-electron chi connectivity index (χ3n) is 4.60. The summed E-state index contributed by atoms with van der Waals surface area (Å²) in [7, 11) is -0.734. The van der Waals surface area contributed by atoms with Crippen LogP contribution in [0.4, 0.5) is 28.7 Å². The molecule has 0 atom stereocenters. The number of hydrogen-bond donors (Lipinski definition) is 3. The number of aryl methyl sites for hydroxylation is 2. The highest BCUT2D eigenvalue weighted by Crippen LogP contribution is 2.33. The highest BCUT2D eigenvalue weighted by atomic mass is 32.2. The number of carbonyl (C=O) groups excluding carboxylic acids is 1. The number of carbonyl (C=O) groups is 1. The van der Waals surface area contributed by atoms with Gasteiger partial charge in [0, 0.05) is 25.0 Å². The number of anilines is 5. The maximum atomic E-state index is 12.9. The van der Waals surface area contributed by atoms with Crippen LogP contribution in [0, 0.1) is 13.8 Å². The molecule has 0 unspecified atom stereocenters. The predicted octanol–water partition coefficient (Wildman–Crippen LogP) is 2.66. The smallest absolute Gasteiger partial charge is 0.280 e. The monoisotopic (exact) mass is 471 g/mol. The SMILES string of the molecule is CONC(=O)c1c(Nc2ccccc2N(C)S(C)(=O)=O)ccnc1Nc1cc(C)nc(C)n1. The largest absolute Gasteiger partial charge is 0.353 e. The molecule has 12 heteroatoms. The van der Waals surface area contributed by atoms with Crippen LogP contribution in [0.3, 0.4) is 0 Å². The Morgan fingerprint density at radius 2 is 1.79 bits per heavy atom. The number of nitrogens with one attached hydrogen (secondary N) is 3. The van der Waals surface area contributed by atoms with Crippen molar-refractivity contribution in [2.75, 3.05) is 35.4 Å². The van der Waals surface area contributed by atoms with Gasteiger partial charge < -0.3 is 10.6 Å². The van der Waals surface area contributed by atoms with Gasteiger partial charge in [0.1, 0.15) is 23.0 Å². The van der Waals surface area contributed by atoms with E-state index in [-0.39, 0.29) is 11.4 Å². The highest BCUT2D eigenvalue weighted by Gasteiger charge is 2.21. The average Bonchev–Trinajstić information content (AvgIpc) is 2.72. The lowest BCUT2D eigenvalue weighted by atomic mass is 10.1. The molecule has 2 aromatic heterocycles. The molecule has 0 spiro atoms. The van der Waals surface area contributed by atoms with Crippen LogP contribution in [0.5, 0.6) is 0 Å². The van der Waals surface area contributed by atoms with Crippen LogP contribution in [0.1, 0.15) is 21.9 Å². The molecule has 3 aromatic rings. The zero-order chi connectivity index (χ0) is 24.2. The number of para-hydroxylation sites is 2. The molecule has 1 amide bonds. The number of rotatable bonds is 8. The van der Waals surface area contributed by atoms with Gasteiger partial charge in [-0.05, 0) is 32.0 Å². The van der Waals surface area contributed by atoms with E-state index < -0.39 is 15.9 Å². The lowest BCUT2D eigenvalue weighted by molar-refractivity contribution is 0.0539. The first-order valence-electron chi connectivity index (χ1n) is 9.81. The molecule has 2 heterocycles. The fourth-order valence-corrected chi connectivity index (χ4v) is 3.63. The summed E-state index contributed by atoms with van der Waals surface area (Å²) in [4.78, 5) is 30.6. The molecule has 3 rings (SSSR count). The molecule has 0 aliphatic rings. The molecule has 33 heavy (non-hydrogen) atoms. The summed E-state index contributed by atoms with van der Waals surface area (Å²) >= 11 is 0. The van der Waals surface area contributed by atoms with Crippen LogP contribution in [0.15, 0.2) is 42.6 Å². The highest BCUT2D eigenvalue weighted by molar-refractivity contribution is 7.92. The summed E-state index contributed by atoms with van der Waals surface area (Å²) in [6.45, 7) is 3.59. The quantitative estimate of drug-likeness (QED) is 0.423. The third kappa shape index (κ3) is 5.73. The van der Waals surface area contributed by atoms with Crippen molar-refractivity contribution in [3.8, 4) is 0 Å². The van der Waals surface area contributed by atoms with Crippen molar-refractivity contribution in [2.24, 2.45) is 0 Å². The van der Waals surface area contributed by atoms with E-state index in [1.54, 1.807) is 43.3 Å². The van der Waals surface area contributed by atoms with Crippen LogP contribution in [-0.4, -0.2) is 49.7 Å². The Hall–Kier alpha value is -3.77. The minimum absolute atomic E-state index is 0.144. The first-order chi connectivity index (χ1) is 15.6. The average molecular weight is 472 g/mol. The molecule has 0 aliphatic carbocycles. The van der Waals surface area contributed by atoms with Crippen LogP contribution in [0.25, 0.3) is 0 Å². The van der Waals surface area contributed by atoms with E-state index in [0.717, 1.165) is 16.3 Å². The second-order valence-corrected chi connectivity index (χ2v) is 9.17. The molecule has 0 fully saturated rings. The van der Waals surface area contributed by atoms with E-state index in [1.807, 2.05) is 6.92 Å². The number of amides is 1. The third-order valence-corrected chi connectivity index (χ3v) is 5.79. The minimum atomic E-state index is -3.51. The fourth-order valence-electron chi connectivity index (χ4n) is 3.11. The molecular formula is C21H25N7O4S. The maximum Gasteiger partial charge on any atom is 0.280 e. The summed E-state index contributed by atoms with van der Waals surface area (Å²) in [5.74, 6) is 0.689. The standard InChI is InChI=1S/C21H25N7O4S/c1-13-12-18(24-14(2)23-13)26-20-19(21(29)27-32-4)16(10-11-22-20)25-15-8-6-7-9-17(15)28(3)33(5,30)31/h6-12H,1-5H3,(H,27,29)(H2,22,23,24,25,26). The van der Waals surface area contributed by atoms with Crippen molar-refractivity contribution in [3.05, 3.63) is 59.7 Å². The van der Waals surface area contributed by atoms with Gasteiger partial charge in [-0.2, -0.15) is 0 Å². The van der Waals surface area contributed by atoms with E-state index in [1.165, 1.54) is 20.4 Å². The van der Waals surface area contributed by atoms with Crippen molar-refractivity contribution in [3.63, 3.8) is 0 Å². The van der Waals surface area contributed by atoms with E-state index >= 15 is 0 Å². The predicted molar refractivity (Wildman–Crippen MR) is 126 cm³/mol. The second kappa shape index (κ2) is 9.79. The van der Waals surface area contributed by atoms with Gasteiger partial charge in [0.15, 0.2) is 0 Å². The number of pyridine rings is 1. The number of benzene rings is 1. The number of hydrogen-bond acceptors (Lipinski definition) is 9. The molecule has 0 radical (unpaired) electrons. The molecular weight excluding hydrogens is 446 g/mol. The van der Waals surface area contributed by atoms with Gasteiger partial charge in [-0.25, -0.2) is 28.8 Å². The molecule has 0 saturated carbocycles. The molecule has 3 N–H and O–H groups in total. The van der Waals surface area contributed by atoms with Crippen molar-refractivity contribution < 1.29 is 18.0 Å². The topological polar surface area (TPSA) is 138 Å². The van der Waals surface area contributed by atoms with Gasteiger partial charge in [0.05, 0.1) is 30.4 Å². The van der Waals surface area contributed by atoms with Crippen LogP contribution in [0.2, 0.25) is 0 Å².